The lowest BCUT2D eigenvalue weighted by Crippen LogP contribution is -2.14. The summed E-state index contributed by atoms with van der Waals surface area (Å²) in [6, 6.07) is 3.65. The molecule has 0 saturated carbocycles. The van der Waals surface area contributed by atoms with Gasteiger partial charge >= 0.3 is 6.18 Å². The Kier molecular flexibility index (Phi) is 4.38. The zero-order valence-electron chi connectivity index (χ0n) is 13.0. The van der Waals surface area contributed by atoms with Crippen molar-refractivity contribution in [3.8, 4) is 5.69 Å². The third kappa shape index (κ3) is 3.29. The number of primary sulfonamides is 1. The number of hydrogen-bond acceptors (Lipinski definition) is 4. The summed E-state index contributed by atoms with van der Waals surface area (Å²) in [6.45, 7) is -0.561. The minimum atomic E-state index is -4.58. The quantitative estimate of drug-likeness (QED) is 0.856. The van der Waals surface area contributed by atoms with E-state index in [2.05, 4.69) is 5.10 Å². The maximum Gasteiger partial charge on any atom is 0.435 e. The monoisotopic (exact) mass is 375 g/mol. The molecule has 1 aromatic carbocycles. The molecule has 3 rings (SSSR count). The van der Waals surface area contributed by atoms with Crippen LogP contribution in [0.1, 0.15) is 35.4 Å². The average Bonchev–Trinajstić information content (AvgIpc) is 2.93. The second-order valence-corrected chi connectivity index (χ2v) is 7.45. The molecule has 0 atom stereocenters. The largest absolute Gasteiger partial charge is 0.435 e. The van der Waals surface area contributed by atoms with Gasteiger partial charge in [-0.3, -0.25) is 0 Å². The van der Waals surface area contributed by atoms with Gasteiger partial charge in [-0.15, -0.1) is 0 Å². The number of hydrogen-bond donors (Lipinski definition) is 2. The Hall–Kier alpha value is -1.91. The van der Waals surface area contributed by atoms with Gasteiger partial charge in [-0.25, -0.2) is 18.2 Å². The summed E-state index contributed by atoms with van der Waals surface area (Å²) in [7, 11) is -3.99. The summed E-state index contributed by atoms with van der Waals surface area (Å²) in [4.78, 5) is -0.225. The number of nitrogens with two attached hydrogens (primary N) is 1. The molecule has 0 saturated heterocycles. The van der Waals surface area contributed by atoms with E-state index in [-0.39, 0.29) is 28.1 Å². The Labute approximate surface area is 142 Å². The highest BCUT2D eigenvalue weighted by Crippen LogP contribution is 2.37. The van der Waals surface area contributed by atoms with Crippen LogP contribution in [0.4, 0.5) is 13.2 Å². The first-order valence-corrected chi connectivity index (χ1v) is 9.12. The number of aromatic nitrogens is 2. The fraction of sp³-hybridized carbons (Fsp3) is 0.400. The first-order valence-electron chi connectivity index (χ1n) is 7.58. The SMILES string of the molecule is NS(=O)(=O)c1ccc(-n2nc(C(F)(F)F)c3c2CCCC3)c(CO)c1. The molecule has 3 N–H and O–H groups in total. The van der Waals surface area contributed by atoms with Crippen molar-refractivity contribution >= 4 is 10.0 Å². The Morgan fingerprint density at radius 2 is 1.92 bits per heavy atom. The molecule has 10 heteroatoms. The molecule has 1 aliphatic carbocycles. The van der Waals surface area contributed by atoms with Crippen molar-refractivity contribution < 1.29 is 26.7 Å². The van der Waals surface area contributed by atoms with Crippen LogP contribution in [-0.2, 0) is 35.6 Å². The Morgan fingerprint density at radius 1 is 1.24 bits per heavy atom. The van der Waals surface area contributed by atoms with Crippen LogP contribution < -0.4 is 5.14 Å². The third-order valence-electron chi connectivity index (χ3n) is 4.23. The van der Waals surface area contributed by atoms with Crippen molar-refractivity contribution in [1.82, 2.24) is 9.78 Å². The average molecular weight is 375 g/mol. The summed E-state index contributed by atoms with van der Waals surface area (Å²) < 4.78 is 63.9. The summed E-state index contributed by atoms with van der Waals surface area (Å²) >= 11 is 0. The molecule has 1 aromatic heterocycles. The number of fused-ring (bicyclic) bond motifs is 1. The molecule has 0 spiro atoms. The number of benzene rings is 1. The molecule has 0 aliphatic heterocycles. The number of aliphatic hydroxyl groups is 1. The normalized spacial score (nSPS) is 15.2. The number of aliphatic hydroxyl groups excluding tert-OH is 1. The second kappa shape index (κ2) is 6.11. The molecule has 0 radical (unpaired) electrons. The van der Waals surface area contributed by atoms with Crippen LogP contribution in [0.5, 0.6) is 0 Å². The van der Waals surface area contributed by atoms with E-state index in [0.29, 0.717) is 18.5 Å². The van der Waals surface area contributed by atoms with Gasteiger partial charge in [0.15, 0.2) is 5.69 Å². The predicted molar refractivity (Wildman–Crippen MR) is 82.5 cm³/mol. The number of rotatable bonds is 3. The lowest BCUT2D eigenvalue weighted by atomic mass is 9.95. The maximum atomic E-state index is 13.3. The van der Waals surface area contributed by atoms with Crippen molar-refractivity contribution in [3.63, 3.8) is 0 Å². The van der Waals surface area contributed by atoms with E-state index in [1.54, 1.807) is 0 Å². The van der Waals surface area contributed by atoms with E-state index in [1.165, 1.54) is 12.1 Å². The van der Waals surface area contributed by atoms with Gasteiger partial charge in [0.25, 0.3) is 0 Å². The van der Waals surface area contributed by atoms with Crippen LogP contribution in [0.2, 0.25) is 0 Å². The van der Waals surface area contributed by atoms with Gasteiger partial charge in [-0.05, 0) is 43.9 Å². The summed E-state index contributed by atoms with van der Waals surface area (Å²) in [5.41, 5.74) is 0.0241. The van der Waals surface area contributed by atoms with E-state index in [4.69, 9.17) is 5.14 Å². The van der Waals surface area contributed by atoms with Gasteiger partial charge < -0.3 is 5.11 Å². The molecular weight excluding hydrogens is 359 g/mol. The molecule has 136 valence electrons. The van der Waals surface area contributed by atoms with Gasteiger partial charge in [-0.1, -0.05) is 0 Å². The van der Waals surface area contributed by atoms with E-state index < -0.39 is 28.5 Å². The van der Waals surface area contributed by atoms with Crippen LogP contribution in [0.15, 0.2) is 23.1 Å². The van der Waals surface area contributed by atoms with E-state index >= 15 is 0 Å². The smallest absolute Gasteiger partial charge is 0.392 e. The standard InChI is InChI=1S/C15H16F3N3O3S/c16-15(17,18)14-11-3-1-2-4-13(11)21(20-14)12-6-5-10(25(19,23)24)7-9(12)8-22/h5-7,22H,1-4,8H2,(H2,19,23,24). The number of halogens is 3. The fourth-order valence-corrected chi connectivity index (χ4v) is 3.66. The van der Waals surface area contributed by atoms with Crippen molar-refractivity contribution in [2.75, 3.05) is 0 Å². The predicted octanol–water partition coefficient (Wildman–Crippen LogP) is 1.91. The number of alkyl halides is 3. The Morgan fingerprint density at radius 3 is 2.52 bits per heavy atom. The van der Waals surface area contributed by atoms with Gasteiger partial charge in [0.05, 0.1) is 17.2 Å². The van der Waals surface area contributed by atoms with Gasteiger partial charge in [0.1, 0.15) is 0 Å². The topological polar surface area (TPSA) is 98.2 Å². The minimum absolute atomic E-state index is 0.135. The molecule has 25 heavy (non-hydrogen) atoms. The van der Waals surface area contributed by atoms with Crippen LogP contribution in [-0.4, -0.2) is 23.3 Å². The van der Waals surface area contributed by atoms with Crippen LogP contribution in [0.25, 0.3) is 5.69 Å². The van der Waals surface area contributed by atoms with Gasteiger partial charge in [0.2, 0.25) is 10.0 Å². The molecular formula is C15H16F3N3O3S. The summed E-state index contributed by atoms with van der Waals surface area (Å²) in [5, 5.41) is 18.3. The lowest BCUT2D eigenvalue weighted by molar-refractivity contribution is -0.142. The van der Waals surface area contributed by atoms with Crippen molar-refractivity contribution in [3.05, 3.63) is 40.7 Å². The highest BCUT2D eigenvalue weighted by molar-refractivity contribution is 7.89. The fourth-order valence-electron chi connectivity index (χ4n) is 3.10. The zero-order valence-corrected chi connectivity index (χ0v) is 13.9. The van der Waals surface area contributed by atoms with E-state index in [0.717, 1.165) is 17.2 Å². The van der Waals surface area contributed by atoms with Gasteiger partial charge in [-0.2, -0.15) is 18.3 Å². The Bertz CT molecular complexity index is 920. The van der Waals surface area contributed by atoms with Crippen molar-refractivity contribution in [1.29, 1.82) is 0 Å². The van der Waals surface area contributed by atoms with Crippen LogP contribution in [0, 0.1) is 0 Å². The minimum Gasteiger partial charge on any atom is -0.392 e. The zero-order chi connectivity index (χ0) is 18.4. The summed E-state index contributed by atoms with van der Waals surface area (Å²) in [5.74, 6) is 0. The third-order valence-corrected chi connectivity index (χ3v) is 5.14. The van der Waals surface area contributed by atoms with E-state index in [9.17, 15) is 26.7 Å². The number of sulfonamides is 1. The molecule has 0 bridgehead atoms. The molecule has 2 aromatic rings. The highest BCUT2D eigenvalue weighted by Gasteiger charge is 2.39. The molecule has 1 heterocycles. The van der Waals surface area contributed by atoms with Crippen LogP contribution >= 0.6 is 0 Å². The molecule has 0 amide bonds. The summed E-state index contributed by atoms with van der Waals surface area (Å²) in [6.07, 6.45) is -2.47. The van der Waals surface area contributed by atoms with Crippen molar-refractivity contribution in [2.24, 2.45) is 5.14 Å². The second-order valence-electron chi connectivity index (χ2n) is 5.88. The molecule has 1 aliphatic rings. The van der Waals surface area contributed by atoms with Crippen molar-refractivity contribution in [2.45, 2.75) is 43.4 Å². The van der Waals surface area contributed by atoms with Gasteiger partial charge in [0, 0.05) is 16.8 Å². The first-order chi connectivity index (χ1) is 11.6. The maximum absolute atomic E-state index is 13.3. The van der Waals surface area contributed by atoms with E-state index in [1.807, 2.05) is 0 Å². The Balaban J connectivity index is 2.22. The first kappa shape index (κ1) is 17.9. The number of nitrogens with zero attached hydrogens (tertiary/aromatic N) is 2. The molecule has 0 unspecified atom stereocenters. The highest BCUT2D eigenvalue weighted by atomic mass is 32.2. The lowest BCUT2D eigenvalue weighted by Gasteiger charge is -2.16. The molecule has 6 nitrogen and oxygen atoms in total. The van der Waals surface area contributed by atoms with Crippen LogP contribution in [0.3, 0.4) is 0 Å². The molecule has 0 fully saturated rings.